The zero-order chi connectivity index (χ0) is 21.8. The first-order chi connectivity index (χ1) is 14.3. The number of amides is 3. The zero-order valence-corrected chi connectivity index (χ0v) is 17.7. The van der Waals surface area contributed by atoms with Crippen LogP contribution >= 0.6 is 0 Å². The second kappa shape index (κ2) is 8.98. The summed E-state index contributed by atoms with van der Waals surface area (Å²) < 4.78 is 7.18. The van der Waals surface area contributed by atoms with Gasteiger partial charge in [-0.1, -0.05) is 0 Å². The Balaban J connectivity index is 1.89. The maximum Gasteiger partial charge on any atom is 0.254 e. The monoisotopic (exact) mass is 413 g/mol. The van der Waals surface area contributed by atoms with Gasteiger partial charge in [-0.2, -0.15) is 5.10 Å². The van der Waals surface area contributed by atoms with Crippen LogP contribution < -0.4 is 4.74 Å². The highest BCUT2D eigenvalue weighted by atomic mass is 16.5. The van der Waals surface area contributed by atoms with Gasteiger partial charge in [-0.05, 0) is 24.3 Å². The Morgan fingerprint density at radius 1 is 1.23 bits per heavy atom. The number of benzene rings is 1. The molecule has 2 aromatic rings. The summed E-state index contributed by atoms with van der Waals surface area (Å²) in [5, 5.41) is 4.21. The molecule has 0 N–H and O–H groups in total. The van der Waals surface area contributed by atoms with E-state index in [0.29, 0.717) is 30.9 Å². The molecule has 0 radical (unpaired) electrons. The number of rotatable bonds is 5. The minimum atomic E-state index is -0.721. The summed E-state index contributed by atoms with van der Waals surface area (Å²) in [6.45, 7) is 2.81. The fourth-order valence-corrected chi connectivity index (χ4v) is 3.59. The van der Waals surface area contributed by atoms with Gasteiger partial charge in [0.2, 0.25) is 11.8 Å². The average molecular weight is 413 g/mol. The lowest BCUT2D eigenvalue weighted by Crippen LogP contribution is -2.61. The summed E-state index contributed by atoms with van der Waals surface area (Å²) in [6, 6.07) is 6.33. The van der Waals surface area contributed by atoms with E-state index in [-0.39, 0.29) is 24.3 Å². The number of likely N-dealkylation sites (N-methyl/N-ethyl adjacent to an activating group) is 1. The predicted octanol–water partition coefficient (Wildman–Crippen LogP) is 0.701. The van der Waals surface area contributed by atoms with E-state index in [1.54, 1.807) is 60.1 Å². The number of methoxy groups -OCH3 is 1. The molecule has 0 aliphatic carbocycles. The minimum absolute atomic E-state index is 0.107. The molecule has 1 aromatic heterocycles. The van der Waals surface area contributed by atoms with E-state index < -0.39 is 6.04 Å². The van der Waals surface area contributed by atoms with E-state index in [2.05, 4.69) is 5.10 Å². The molecule has 1 aliphatic rings. The van der Waals surface area contributed by atoms with Gasteiger partial charge in [-0.25, -0.2) is 0 Å². The Kier molecular flexibility index (Phi) is 6.39. The van der Waals surface area contributed by atoms with E-state index in [0.717, 1.165) is 5.56 Å². The average Bonchev–Trinajstić information content (AvgIpc) is 3.25. The number of carbonyl (C=O) groups excluding carboxylic acids is 3. The van der Waals surface area contributed by atoms with Gasteiger partial charge in [0.1, 0.15) is 11.8 Å². The lowest BCUT2D eigenvalue weighted by Gasteiger charge is -2.41. The molecule has 0 spiro atoms. The van der Waals surface area contributed by atoms with Gasteiger partial charge >= 0.3 is 0 Å². The van der Waals surface area contributed by atoms with Crippen molar-refractivity contribution in [1.29, 1.82) is 0 Å². The number of ether oxygens (including phenoxy) is 1. The molecule has 160 valence electrons. The molecule has 0 saturated carbocycles. The summed E-state index contributed by atoms with van der Waals surface area (Å²) >= 11 is 0. The van der Waals surface area contributed by atoms with E-state index >= 15 is 0 Å². The molecule has 1 fully saturated rings. The molecule has 1 aliphatic heterocycles. The van der Waals surface area contributed by atoms with Crippen LogP contribution in [0.1, 0.15) is 22.8 Å². The van der Waals surface area contributed by atoms with Crippen molar-refractivity contribution in [3.05, 3.63) is 47.8 Å². The van der Waals surface area contributed by atoms with Crippen molar-refractivity contribution in [3.63, 3.8) is 0 Å². The van der Waals surface area contributed by atoms with Gasteiger partial charge in [0.05, 0.1) is 20.2 Å². The molecule has 30 heavy (non-hydrogen) atoms. The first kappa shape index (κ1) is 21.4. The maximum atomic E-state index is 13.4. The highest BCUT2D eigenvalue weighted by Gasteiger charge is 2.37. The number of aromatic nitrogens is 2. The summed E-state index contributed by atoms with van der Waals surface area (Å²) in [5.41, 5.74) is 1.27. The van der Waals surface area contributed by atoms with Crippen molar-refractivity contribution in [1.82, 2.24) is 24.5 Å². The van der Waals surface area contributed by atoms with Gasteiger partial charge in [-0.3, -0.25) is 19.1 Å². The third kappa shape index (κ3) is 4.45. The number of carbonyl (C=O) groups is 3. The first-order valence-corrected chi connectivity index (χ1v) is 9.73. The van der Waals surface area contributed by atoms with Crippen molar-refractivity contribution in [2.75, 3.05) is 40.8 Å². The van der Waals surface area contributed by atoms with Crippen LogP contribution in [0.15, 0.2) is 36.7 Å². The SMILES string of the molecule is COc1ccc(C(=O)N2CCN(C(C)=O)CC2C(=O)N(C)C)cc1Cn1cccn1. The van der Waals surface area contributed by atoms with E-state index in [4.69, 9.17) is 4.74 Å². The Bertz CT molecular complexity index is 925. The molecule has 1 saturated heterocycles. The zero-order valence-electron chi connectivity index (χ0n) is 17.7. The number of piperazine rings is 1. The summed E-state index contributed by atoms with van der Waals surface area (Å²) in [4.78, 5) is 42.5. The Hall–Kier alpha value is -3.36. The van der Waals surface area contributed by atoms with E-state index in [1.807, 2.05) is 12.3 Å². The molecule has 1 aromatic carbocycles. The molecule has 9 nitrogen and oxygen atoms in total. The second-order valence-electron chi connectivity index (χ2n) is 7.44. The van der Waals surface area contributed by atoms with Gasteiger partial charge < -0.3 is 19.4 Å². The fraction of sp³-hybridized carbons (Fsp3) is 0.429. The molecule has 3 rings (SSSR count). The summed E-state index contributed by atoms with van der Waals surface area (Å²) in [6.07, 6.45) is 3.52. The lowest BCUT2D eigenvalue weighted by molar-refractivity contribution is -0.139. The molecule has 9 heteroatoms. The third-order valence-electron chi connectivity index (χ3n) is 5.23. The van der Waals surface area contributed by atoms with Gasteiger partial charge in [0.25, 0.3) is 5.91 Å². The fourth-order valence-electron chi connectivity index (χ4n) is 3.59. The van der Waals surface area contributed by atoms with Crippen molar-refractivity contribution in [2.24, 2.45) is 0 Å². The number of nitrogens with zero attached hydrogens (tertiary/aromatic N) is 5. The van der Waals surface area contributed by atoms with E-state index in [1.165, 1.54) is 11.8 Å². The quantitative estimate of drug-likeness (QED) is 0.720. The molecular weight excluding hydrogens is 386 g/mol. The molecule has 1 atom stereocenters. The number of hydrogen-bond donors (Lipinski definition) is 0. The lowest BCUT2D eigenvalue weighted by atomic mass is 10.0. The van der Waals surface area contributed by atoms with Crippen LogP contribution in [-0.2, 0) is 16.1 Å². The Morgan fingerprint density at radius 3 is 2.60 bits per heavy atom. The standard InChI is InChI=1S/C21H27N5O4/c1-15(27)24-10-11-26(18(14-24)21(29)23(2)3)20(28)16-6-7-19(30-4)17(12-16)13-25-9-5-8-22-25/h5-9,12,18H,10-11,13-14H2,1-4H3. The van der Waals surface area contributed by atoms with Crippen LogP contribution in [0.3, 0.4) is 0 Å². The van der Waals surface area contributed by atoms with Crippen molar-refractivity contribution < 1.29 is 19.1 Å². The maximum absolute atomic E-state index is 13.4. The van der Waals surface area contributed by atoms with Crippen LogP contribution in [0, 0.1) is 0 Å². The van der Waals surface area contributed by atoms with Crippen molar-refractivity contribution >= 4 is 17.7 Å². The van der Waals surface area contributed by atoms with Crippen molar-refractivity contribution in [3.8, 4) is 5.75 Å². The predicted molar refractivity (Wildman–Crippen MR) is 110 cm³/mol. The van der Waals surface area contributed by atoms with Crippen molar-refractivity contribution in [2.45, 2.75) is 19.5 Å². The topological polar surface area (TPSA) is 88.0 Å². The minimum Gasteiger partial charge on any atom is -0.496 e. The van der Waals surface area contributed by atoms with Crippen LogP contribution in [0.5, 0.6) is 5.75 Å². The third-order valence-corrected chi connectivity index (χ3v) is 5.23. The first-order valence-electron chi connectivity index (χ1n) is 9.73. The van der Waals surface area contributed by atoms with Gasteiger partial charge in [-0.15, -0.1) is 0 Å². The highest BCUT2D eigenvalue weighted by molar-refractivity contribution is 5.98. The van der Waals surface area contributed by atoms with E-state index in [9.17, 15) is 14.4 Å². The molecule has 0 bridgehead atoms. The van der Waals surface area contributed by atoms with Gasteiger partial charge in [0.15, 0.2) is 0 Å². The Labute approximate surface area is 175 Å². The van der Waals surface area contributed by atoms with Crippen LogP contribution in [0.4, 0.5) is 0 Å². The summed E-state index contributed by atoms with van der Waals surface area (Å²) in [7, 11) is 4.87. The van der Waals surface area contributed by atoms with Crippen LogP contribution in [0.25, 0.3) is 0 Å². The number of hydrogen-bond acceptors (Lipinski definition) is 5. The van der Waals surface area contributed by atoms with Crippen LogP contribution in [-0.4, -0.2) is 89.1 Å². The normalized spacial score (nSPS) is 16.3. The van der Waals surface area contributed by atoms with Crippen LogP contribution in [0.2, 0.25) is 0 Å². The second-order valence-corrected chi connectivity index (χ2v) is 7.44. The smallest absolute Gasteiger partial charge is 0.254 e. The molecule has 2 heterocycles. The van der Waals surface area contributed by atoms with Gasteiger partial charge in [0, 0.05) is 57.6 Å². The Morgan fingerprint density at radius 2 is 2.00 bits per heavy atom. The molecular formula is C21H27N5O4. The summed E-state index contributed by atoms with van der Waals surface area (Å²) in [5.74, 6) is 0.0938. The largest absolute Gasteiger partial charge is 0.496 e. The molecule has 1 unspecified atom stereocenters. The highest BCUT2D eigenvalue weighted by Crippen LogP contribution is 2.23. The molecule has 3 amide bonds.